The number of aliphatic imine (C=N–C) groups is 1. The zero-order valence-corrected chi connectivity index (χ0v) is 34.3. The molecule has 60 heavy (non-hydrogen) atoms. The fourth-order valence-corrected chi connectivity index (χ4v) is 9.72. The molecule has 15 heteroatoms. The van der Waals surface area contributed by atoms with E-state index >= 15 is 8.78 Å². The van der Waals surface area contributed by atoms with Crippen molar-refractivity contribution < 1.29 is 27.9 Å². The third kappa shape index (κ3) is 7.86. The molecule has 2 aromatic carbocycles. The molecule has 0 spiro atoms. The van der Waals surface area contributed by atoms with Crippen LogP contribution in [0.1, 0.15) is 97.3 Å². The maximum atomic E-state index is 15.3. The van der Waals surface area contributed by atoms with E-state index < -0.39 is 29.4 Å². The summed E-state index contributed by atoms with van der Waals surface area (Å²) in [6.07, 6.45) is 7.47. The number of fused-ring (bicyclic) bond motifs is 7. The van der Waals surface area contributed by atoms with Crippen LogP contribution in [0.5, 0.6) is 5.88 Å². The Bertz CT molecular complexity index is 2340. The lowest BCUT2D eigenvalue weighted by atomic mass is 9.87. The van der Waals surface area contributed by atoms with Crippen LogP contribution in [-0.4, -0.2) is 88.7 Å². The maximum absolute atomic E-state index is 15.3. The van der Waals surface area contributed by atoms with Crippen LogP contribution >= 0.6 is 0 Å². The summed E-state index contributed by atoms with van der Waals surface area (Å²) in [7, 11) is 1.84. The number of aromatic nitrogens is 3. The normalized spacial score (nSPS) is 23.0. The summed E-state index contributed by atoms with van der Waals surface area (Å²) in [6.45, 7) is 8.61. The SMILES string of the molecule is Cc1cc2cc(n1)-c1cnn(C)c1OCCC[C@@H](C)CN1/C(=N/C2=O)Nc2ccc(C3CCN(C4CCN(c5cc(F)c([C@H]6CCC(=O)NC6=O)c(F)c5)CC4)CC3)cc21. The largest absolute Gasteiger partial charge is 0.477 e. The number of imide groups is 1. The van der Waals surface area contributed by atoms with E-state index in [1.54, 1.807) is 23.0 Å². The van der Waals surface area contributed by atoms with E-state index in [0.29, 0.717) is 72.7 Å². The third-order valence-electron chi connectivity index (χ3n) is 13.0. The number of pyridine rings is 1. The minimum absolute atomic E-state index is 0.0601. The molecule has 5 aliphatic rings. The summed E-state index contributed by atoms with van der Waals surface area (Å²) in [5.74, 6) is -2.09. The van der Waals surface area contributed by atoms with Gasteiger partial charge in [0.2, 0.25) is 23.7 Å². The predicted octanol–water partition coefficient (Wildman–Crippen LogP) is 6.67. The van der Waals surface area contributed by atoms with Gasteiger partial charge in [0, 0.05) is 61.7 Å². The van der Waals surface area contributed by atoms with Crippen molar-refractivity contribution in [2.24, 2.45) is 18.0 Å². The van der Waals surface area contributed by atoms with Gasteiger partial charge in [-0.15, -0.1) is 0 Å². The highest BCUT2D eigenvalue weighted by atomic mass is 19.1. The Kier molecular flexibility index (Phi) is 10.9. The lowest BCUT2D eigenvalue weighted by Crippen LogP contribution is -2.47. The fraction of sp³-hybridized carbons (Fsp3) is 0.467. The number of hydrogen-bond donors (Lipinski definition) is 2. The van der Waals surface area contributed by atoms with Gasteiger partial charge in [0.15, 0.2) is 0 Å². The number of guanidine groups is 1. The Morgan fingerprint density at radius 2 is 1.65 bits per heavy atom. The molecule has 0 radical (unpaired) electrons. The quantitative estimate of drug-likeness (QED) is 0.215. The Morgan fingerprint density at radius 1 is 0.883 bits per heavy atom. The van der Waals surface area contributed by atoms with Gasteiger partial charge in [-0.25, -0.2) is 13.5 Å². The van der Waals surface area contributed by atoms with Crippen molar-refractivity contribution in [1.29, 1.82) is 0 Å². The Morgan fingerprint density at radius 3 is 2.40 bits per heavy atom. The van der Waals surface area contributed by atoms with Crippen LogP contribution < -0.4 is 25.2 Å². The van der Waals surface area contributed by atoms with Crippen LogP contribution in [-0.2, 0) is 16.6 Å². The van der Waals surface area contributed by atoms with Gasteiger partial charge in [-0.1, -0.05) is 13.0 Å². The first kappa shape index (κ1) is 39.7. The van der Waals surface area contributed by atoms with Gasteiger partial charge in [0.1, 0.15) is 11.6 Å². The Hall–Kier alpha value is -5.70. The highest BCUT2D eigenvalue weighted by Crippen LogP contribution is 2.40. The highest BCUT2D eigenvalue weighted by Gasteiger charge is 2.35. The number of amides is 3. The number of hydrogen-bond acceptors (Lipinski definition) is 10. The van der Waals surface area contributed by atoms with Crippen molar-refractivity contribution in [2.45, 2.75) is 83.1 Å². The summed E-state index contributed by atoms with van der Waals surface area (Å²) in [5.41, 5.74) is 5.97. The number of anilines is 3. The molecule has 3 fully saturated rings. The van der Waals surface area contributed by atoms with Crippen LogP contribution in [0.3, 0.4) is 0 Å². The second kappa shape index (κ2) is 16.4. The van der Waals surface area contributed by atoms with E-state index in [2.05, 4.69) is 55.6 Å². The molecule has 3 amide bonds. The second-order valence-electron chi connectivity index (χ2n) is 17.1. The van der Waals surface area contributed by atoms with E-state index in [0.717, 1.165) is 68.6 Å². The Labute approximate surface area is 348 Å². The zero-order chi connectivity index (χ0) is 41.7. The number of carbonyl (C=O) groups excluding carboxylic acids is 3. The molecule has 7 heterocycles. The van der Waals surface area contributed by atoms with Gasteiger partial charge in [-0.3, -0.25) is 24.7 Å². The summed E-state index contributed by atoms with van der Waals surface area (Å²) >= 11 is 0. The first-order chi connectivity index (χ1) is 29.0. The van der Waals surface area contributed by atoms with Gasteiger partial charge in [0.25, 0.3) is 5.91 Å². The molecule has 0 unspecified atom stereocenters. The molecule has 9 rings (SSSR count). The van der Waals surface area contributed by atoms with Crippen LogP contribution in [0.2, 0.25) is 0 Å². The monoisotopic (exact) mass is 819 g/mol. The van der Waals surface area contributed by atoms with Crippen molar-refractivity contribution in [1.82, 2.24) is 25.0 Å². The number of nitrogens with zero attached hydrogens (tertiary/aromatic N) is 7. The summed E-state index contributed by atoms with van der Waals surface area (Å²) in [5, 5.41) is 10.1. The number of piperidine rings is 3. The van der Waals surface area contributed by atoms with Gasteiger partial charge in [0.05, 0.1) is 41.4 Å². The van der Waals surface area contributed by atoms with Crippen molar-refractivity contribution >= 4 is 40.7 Å². The van der Waals surface area contributed by atoms with E-state index in [-0.39, 0.29) is 30.2 Å². The summed E-state index contributed by atoms with van der Waals surface area (Å²) < 4.78 is 38.5. The molecular formula is C45H51F2N9O4. The van der Waals surface area contributed by atoms with Gasteiger partial charge in [-0.2, -0.15) is 10.1 Å². The maximum Gasteiger partial charge on any atom is 0.280 e. The third-order valence-corrected chi connectivity index (χ3v) is 13.0. The number of aryl methyl sites for hydroxylation is 2. The summed E-state index contributed by atoms with van der Waals surface area (Å²) in [6, 6.07) is 13.2. The topological polar surface area (TPSA) is 137 Å². The molecule has 314 valence electrons. The fourth-order valence-electron chi connectivity index (χ4n) is 9.72. The number of ether oxygens (including phenoxy) is 1. The van der Waals surface area contributed by atoms with E-state index in [4.69, 9.17) is 9.72 Å². The van der Waals surface area contributed by atoms with Crippen molar-refractivity contribution in [3.05, 3.63) is 82.7 Å². The lowest BCUT2D eigenvalue weighted by Gasteiger charge is -2.42. The minimum Gasteiger partial charge on any atom is -0.477 e. The molecule has 0 aliphatic carbocycles. The van der Waals surface area contributed by atoms with E-state index in [9.17, 15) is 14.4 Å². The van der Waals surface area contributed by atoms with Crippen molar-refractivity contribution in [3.8, 4) is 17.1 Å². The Balaban J connectivity index is 0.859. The zero-order valence-electron chi connectivity index (χ0n) is 34.3. The molecule has 0 saturated carbocycles. The molecule has 3 saturated heterocycles. The highest BCUT2D eigenvalue weighted by molar-refractivity contribution is 6.19. The number of nitrogens with one attached hydrogen (secondary N) is 2. The average molecular weight is 820 g/mol. The predicted molar refractivity (Wildman–Crippen MR) is 225 cm³/mol. The number of halogens is 2. The average Bonchev–Trinajstić information content (AvgIpc) is 3.77. The molecule has 5 aliphatic heterocycles. The smallest absolute Gasteiger partial charge is 0.280 e. The summed E-state index contributed by atoms with van der Waals surface area (Å²) in [4.78, 5) is 53.9. The number of rotatable bonds is 4. The van der Waals surface area contributed by atoms with Crippen LogP contribution in [0.15, 0.2) is 53.7 Å². The lowest BCUT2D eigenvalue weighted by molar-refractivity contribution is -0.134. The van der Waals surface area contributed by atoms with Crippen molar-refractivity contribution in [2.75, 3.05) is 54.4 Å². The number of carbonyl (C=O) groups is 3. The number of likely N-dealkylation sites (tertiary alicyclic amines) is 1. The first-order valence-electron chi connectivity index (χ1n) is 21.3. The van der Waals surface area contributed by atoms with Crippen LogP contribution in [0.25, 0.3) is 11.3 Å². The molecule has 2 aromatic heterocycles. The van der Waals surface area contributed by atoms with E-state index in [1.165, 1.54) is 17.7 Å². The second-order valence-corrected chi connectivity index (χ2v) is 17.1. The van der Waals surface area contributed by atoms with Gasteiger partial charge >= 0.3 is 0 Å². The van der Waals surface area contributed by atoms with Crippen LogP contribution in [0.4, 0.5) is 25.8 Å². The van der Waals surface area contributed by atoms with E-state index in [1.807, 2.05) is 18.9 Å². The molecule has 13 nitrogen and oxygen atoms in total. The molecule has 4 aromatic rings. The van der Waals surface area contributed by atoms with Gasteiger partial charge < -0.3 is 24.8 Å². The minimum atomic E-state index is -1.01. The molecule has 2 bridgehead atoms. The number of benzene rings is 2. The van der Waals surface area contributed by atoms with Gasteiger partial charge in [-0.05, 0) is 119 Å². The standard InChI is InChI=1S/C45H51F2N9O4/c1-26-5-4-18-60-44-34(24-48-53(44)3)38-20-30(19-27(2)49-38)42(58)52-45-50-37-8-6-29(21-39(37)56(45)25-26)28-10-14-54(15-11-28)31-12-16-55(17-13-31)32-22-35(46)41(36(47)23-32)33-7-9-40(57)51-43(33)59/h6,8,19-24,26,28,31,33H,4-5,7,9-18,25H2,1-3H3,(H,50,52,58)(H,51,57,59)/t26-,33-/m1/s1. The van der Waals surface area contributed by atoms with Crippen molar-refractivity contribution in [3.63, 3.8) is 0 Å². The van der Waals surface area contributed by atoms with Crippen LogP contribution in [0, 0.1) is 24.5 Å². The molecule has 2 atom stereocenters. The molecular weight excluding hydrogens is 769 g/mol. The first-order valence-corrected chi connectivity index (χ1v) is 21.3. The molecule has 2 N–H and O–H groups in total.